The molecule has 0 fully saturated rings. The van der Waals surface area contributed by atoms with Crippen molar-refractivity contribution in [1.82, 2.24) is 15.6 Å². The molecule has 0 saturated heterocycles. The molecule has 3 rings (SSSR count). The first-order valence-electron chi connectivity index (χ1n) is 6.71. The molecule has 1 aromatic carbocycles. The fourth-order valence-electron chi connectivity index (χ4n) is 2.41. The van der Waals surface area contributed by atoms with Crippen LogP contribution >= 0.6 is 11.3 Å². The van der Waals surface area contributed by atoms with Gasteiger partial charge in [-0.2, -0.15) is 0 Å². The number of aryl methyl sites for hydroxylation is 1. The zero-order valence-electron chi connectivity index (χ0n) is 11.3. The third-order valence-electron chi connectivity index (χ3n) is 3.48. The summed E-state index contributed by atoms with van der Waals surface area (Å²) in [5.74, 6) is 0.0485. The summed E-state index contributed by atoms with van der Waals surface area (Å²) in [5, 5.41) is 7.20. The van der Waals surface area contributed by atoms with E-state index in [1.54, 1.807) is 11.3 Å². The third-order valence-corrected chi connectivity index (χ3v) is 4.39. The van der Waals surface area contributed by atoms with Gasteiger partial charge >= 0.3 is 0 Å². The Balaban J connectivity index is 1.59. The lowest BCUT2D eigenvalue weighted by molar-refractivity contribution is -0.123. The van der Waals surface area contributed by atoms with E-state index in [-0.39, 0.29) is 11.9 Å². The maximum atomic E-state index is 12.2. The van der Waals surface area contributed by atoms with Gasteiger partial charge in [0.1, 0.15) is 5.01 Å². The van der Waals surface area contributed by atoms with Crippen molar-refractivity contribution in [2.45, 2.75) is 32.5 Å². The van der Waals surface area contributed by atoms with Crippen molar-refractivity contribution in [2.75, 3.05) is 0 Å². The van der Waals surface area contributed by atoms with Gasteiger partial charge in [-0.1, -0.05) is 24.3 Å². The summed E-state index contributed by atoms with van der Waals surface area (Å²) in [6.07, 6.45) is 2.58. The van der Waals surface area contributed by atoms with Gasteiger partial charge in [-0.25, -0.2) is 4.98 Å². The van der Waals surface area contributed by atoms with Crippen LogP contribution in [0.4, 0.5) is 0 Å². The van der Waals surface area contributed by atoms with Gasteiger partial charge in [0.15, 0.2) is 0 Å². The minimum atomic E-state index is -0.147. The molecule has 4 nitrogen and oxygen atoms in total. The maximum Gasteiger partial charge on any atom is 0.237 e. The highest BCUT2D eigenvalue weighted by Gasteiger charge is 2.23. The topological polar surface area (TPSA) is 54.0 Å². The molecular weight excluding hydrogens is 270 g/mol. The van der Waals surface area contributed by atoms with E-state index < -0.39 is 0 Å². The number of hydrogen-bond donors (Lipinski definition) is 2. The molecule has 2 heterocycles. The SMILES string of the molecule is Cc1cnc(CNC(=O)C2Cc3ccccc3CN2)s1. The van der Waals surface area contributed by atoms with Crippen molar-refractivity contribution in [3.05, 3.63) is 51.5 Å². The molecule has 0 radical (unpaired) electrons. The molecular formula is C15H17N3OS. The Morgan fingerprint density at radius 3 is 3.00 bits per heavy atom. The summed E-state index contributed by atoms with van der Waals surface area (Å²) in [5.41, 5.74) is 2.54. The Morgan fingerprint density at radius 2 is 2.25 bits per heavy atom. The lowest BCUT2D eigenvalue weighted by Gasteiger charge is -2.25. The Kier molecular flexibility index (Phi) is 3.80. The van der Waals surface area contributed by atoms with Crippen LogP contribution in [0.2, 0.25) is 0 Å². The summed E-state index contributed by atoms with van der Waals surface area (Å²) in [4.78, 5) is 17.6. The summed E-state index contributed by atoms with van der Waals surface area (Å²) in [6.45, 7) is 3.28. The van der Waals surface area contributed by atoms with Crippen LogP contribution in [-0.4, -0.2) is 16.9 Å². The first kappa shape index (κ1) is 13.3. The maximum absolute atomic E-state index is 12.2. The van der Waals surface area contributed by atoms with Crippen molar-refractivity contribution in [2.24, 2.45) is 0 Å². The van der Waals surface area contributed by atoms with Crippen molar-refractivity contribution in [3.63, 3.8) is 0 Å². The molecule has 1 aromatic heterocycles. The zero-order chi connectivity index (χ0) is 13.9. The van der Waals surface area contributed by atoms with Crippen LogP contribution in [0.15, 0.2) is 30.5 Å². The third kappa shape index (κ3) is 2.89. The van der Waals surface area contributed by atoms with Gasteiger partial charge in [-0.3, -0.25) is 4.79 Å². The number of nitrogens with one attached hydrogen (secondary N) is 2. The largest absolute Gasteiger partial charge is 0.348 e. The minimum Gasteiger partial charge on any atom is -0.348 e. The number of rotatable bonds is 3. The molecule has 0 spiro atoms. The van der Waals surface area contributed by atoms with Crippen molar-refractivity contribution < 1.29 is 4.79 Å². The monoisotopic (exact) mass is 287 g/mol. The van der Waals surface area contributed by atoms with E-state index in [2.05, 4.69) is 27.8 Å². The van der Waals surface area contributed by atoms with Crippen LogP contribution in [-0.2, 0) is 24.3 Å². The average molecular weight is 287 g/mol. The van der Waals surface area contributed by atoms with Gasteiger partial charge in [0.05, 0.1) is 12.6 Å². The van der Waals surface area contributed by atoms with E-state index >= 15 is 0 Å². The second-order valence-corrected chi connectivity index (χ2v) is 6.31. The number of fused-ring (bicyclic) bond motifs is 1. The van der Waals surface area contributed by atoms with Gasteiger partial charge < -0.3 is 10.6 Å². The van der Waals surface area contributed by atoms with E-state index in [0.29, 0.717) is 6.54 Å². The van der Waals surface area contributed by atoms with Crippen LogP contribution < -0.4 is 10.6 Å². The quantitative estimate of drug-likeness (QED) is 0.905. The van der Waals surface area contributed by atoms with E-state index in [1.165, 1.54) is 16.0 Å². The predicted octanol–water partition coefficient (Wildman–Crippen LogP) is 1.78. The summed E-state index contributed by atoms with van der Waals surface area (Å²) >= 11 is 1.62. The zero-order valence-corrected chi connectivity index (χ0v) is 12.2. The highest BCUT2D eigenvalue weighted by molar-refractivity contribution is 7.11. The lowest BCUT2D eigenvalue weighted by atomic mass is 9.95. The first-order chi connectivity index (χ1) is 9.72. The Labute approximate surface area is 122 Å². The minimum absolute atomic E-state index is 0.0485. The molecule has 0 bridgehead atoms. The van der Waals surface area contributed by atoms with Gasteiger partial charge in [-0.15, -0.1) is 11.3 Å². The number of carbonyl (C=O) groups excluding carboxylic acids is 1. The standard InChI is InChI=1S/C15H17N3OS/c1-10-7-17-14(20-10)9-18-15(19)13-6-11-4-2-3-5-12(11)8-16-13/h2-5,7,13,16H,6,8-9H2,1H3,(H,18,19). The summed E-state index contributed by atoms with van der Waals surface area (Å²) in [7, 11) is 0. The first-order valence-corrected chi connectivity index (χ1v) is 7.53. The molecule has 2 N–H and O–H groups in total. The fraction of sp³-hybridized carbons (Fsp3) is 0.333. The normalized spacial score (nSPS) is 17.6. The Hall–Kier alpha value is -1.72. The Bertz CT molecular complexity index is 623. The fourth-order valence-corrected chi connectivity index (χ4v) is 3.14. The molecule has 1 amide bonds. The van der Waals surface area contributed by atoms with Crippen molar-refractivity contribution in [1.29, 1.82) is 0 Å². The summed E-state index contributed by atoms with van der Waals surface area (Å²) < 4.78 is 0. The molecule has 1 aliphatic heterocycles. The number of aromatic nitrogens is 1. The number of amides is 1. The van der Waals surface area contributed by atoms with Gasteiger partial charge in [0.2, 0.25) is 5.91 Å². The molecule has 104 valence electrons. The molecule has 0 aliphatic carbocycles. The average Bonchev–Trinajstić information content (AvgIpc) is 2.90. The van der Waals surface area contributed by atoms with Crippen LogP contribution in [0.1, 0.15) is 21.0 Å². The highest BCUT2D eigenvalue weighted by atomic mass is 32.1. The summed E-state index contributed by atoms with van der Waals surface area (Å²) in [6, 6.07) is 8.12. The van der Waals surface area contributed by atoms with Crippen LogP contribution in [0.3, 0.4) is 0 Å². The van der Waals surface area contributed by atoms with Crippen LogP contribution in [0, 0.1) is 6.92 Å². The molecule has 1 atom stereocenters. The van der Waals surface area contributed by atoms with E-state index in [9.17, 15) is 4.79 Å². The van der Waals surface area contributed by atoms with E-state index in [0.717, 1.165) is 18.0 Å². The number of hydrogen-bond acceptors (Lipinski definition) is 4. The number of benzene rings is 1. The van der Waals surface area contributed by atoms with Gasteiger partial charge in [0.25, 0.3) is 0 Å². The Morgan fingerprint density at radius 1 is 1.45 bits per heavy atom. The van der Waals surface area contributed by atoms with E-state index in [4.69, 9.17) is 0 Å². The second-order valence-electron chi connectivity index (χ2n) is 4.99. The number of carbonyl (C=O) groups is 1. The van der Waals surface area contributed by atoms with Gasteiger partial charge in [0, 0.05) is 17.6 Å². The molecule has 5 heteroatoms. The van der Waals surface area contributed by atoms with Gasteiger partial charge in [-0.05, 0) is 24.5 Å². The highest BCUT2D eigenvalue weighted by Crippen LogP contribution is 2.16. The lowest BCUT2D eigenvalue weighted by Crippen LogP contribution is -2.47. The van der Waals surface area contributed by atoms with E-state index in [1.807, 2.05) is 25.3 Å². The molecule has 1 aliphatic rings. The van der Waals surface area contributed by atoms with Crippen LogP contribution in [0.25, 0.3) is 0 Å². The number of nitrogens with zero attached hydrogens (tertiary/aromatic N) is 1. The second kappa shape index (κ2) is 5.73. The molecule has 0 saturated carbocycles. The van der Waals surface area contributed by atoms with Crippen molar-refractivity contribution >= 4 is 17.2 Å². The smallest absolute Gasteiger partial charge is 0.237 e. The van der Waals surface area contributed by atoms with Crippen LogP contribution in [0.5, 0.6) is 0 Å². The predicted molar refractivity (Wildman–Crippen MR) is 79.5 cm³/mol. The molecule has 1 unspecified atom stereocenters. The molecule has 20 heavy (non-hydrogen) atoms. The molecule has 2 aromatic rings. The number of thiazole rings is 1. The van der Waals surface area contributed by atoms with Crippen molar-refractivity contribution in [3.8, 4) is 0 Å².